The first-order valence-electron chi connectivity index (χ1n) is 11.7. The van der Waals surface area contributed by atoms with E-state index >= 15 is 0 Å². The van der Waals surface area contributed by atoms with Crippen molar-refractivity contribution in [3.63, 3.8) is 0 Å². The van der Waals surface area contributed by atoms with Gasteiger partial charge in [0.05, 0.1) is 12.7 Å². The molecule has 0 aromatic heterocycles. The lowest BCUT2D eigenvalue weighted by molar-refractivity contribution is 0.0655. The molecule has 0 heterocycles. The van der Waals surface area contributed by atoms with Gasteiger partial charge < -0.3 is 4.74 Å². The molecule has 2 aliphatic carbocycles. The van der Waals surface area contributed by atoms with Crippen molar-refractivity contribution in [2.24, 2.45) is 5.92 Å². The minimum atomic E-state index is 0.424. The molecule has 0 saturated heterocycles. The summed E-state index contributed by atoms with van der Waals surface area (Å²) in [5.41, 5.74) is 3.13. The van der Waals surface area contributed by atoms with Crippen molar-refractivity contribution in [3.05, 3.63) is 23.3 Å². The number of allylic oxidation sites excluding steroid dienone is 2. The molecule has 0 radical (unpaired) electrons. The molecule has 1 heteroatoms. The second-order valence-corrected chi connectivity index (χ2v) is 7.68. The Kier molecular flexibility index (Phi) is 17.4. The number of rotatable bonds is 9. The van der Waals surface area contributed by atoms with Gasteiger partial charge in [-0.15, -0.1) is 0 Å². The summed E-state index contributed by atoms with van der Waals surface area (Å²) in [5.74, 6) is 0.931. The van der Waals surface area contributed by atoms with Crippen molar-refractivity contribution in [2.75, 3.05) is 6.61 Å². The number of ether oxygens (including phenoxy) is 1. The van der Waals surface area contributed by atoms with Crippen LogP contribution in [0.1, 0.15) is 119 Å². The maximum atomic E-state index is 6.14. The van der Waals surface area contributed by atoms with Crippen molar-refractivity contribution < 1.29 is 4.74 Å². The molecule has 1 saturated carbocycles. The molecule has 0 bridgehead atoms. The van der Waals surface area contributed by atoms with Gasteiger partial charge in [0, 0.05) is 0 Å². The normalized spacial score (nSPS) is 18.1. The van der Waals surface area contributed by atoms with Crippen LogP contribution in [0.3, 0.4) is 0 Å². The zero-order chi connectivity index (χ0) is 19.6. The molecule has 0 aromatic carbocycles. The van der Waals surface area contributed by atoms with Crippen LogP contribution in [0.2, 0.25) is 0 Å². The summed E-state index contributed by atoms with van der Waals surface area (Å²) in [6, 6.07) is 0. The van der Waals surface area contributed by atoms with E-state index in [1.807, 2.05) is 13.8 Å². The monoisotopic (exact) mass is 364 g/mol. The lowest BCUT2D eigenvalue weighted by Crippen LogP contribution is -2.15. The van der Waals surface area contributed by atoms with E-state index in [1.54, 1.807) is 5.57 Å². The minimum absolute atomic E-state index is 0.424. The second-order valence-electron chi connectivity index (χ2n) is 7.68. The van der Waals surface area contributed by atoms with E-state index in [0.29, 0.717) is 6.10 Å². The van der Waals surface area contributed by atoms with Gasteiger partial charge in [-0.25, -0.2) is 0 Å². The topological polar surface area (TPSA) is 9.23 Å². The fourth-order valence-corrected chi connectivity index (χ4v) is 3.60. The maximum absolute atomic E-state index is 6.14. The SMILES string of the molecule is CC.CCCC.CCCCC1=C(COC(C)CC2CCCC2)C=CCC1. The highest BCUT2D eigenvalue weighted by atomic mass is 16.5. The predicted octanol–water partition coefficient (Wildman–Crippen LogP) is 8.64. The third-order valence-corrected chi connectivity index (χ3v) is 5.38. The number of unbranched alkanes of at least 4 members (excludes halogenated alkanes) is 2. The van der Waals surface area contributed by atoms with Gasteiger partial charge in [-0.1, -0.05) is 97.3 Å². The Morgan fingerprint density at radius 3 is 2.27 bits per heavy atom. The van der Waals surface area contributed by atoms with E-state index in [-0.39, 0.29) is 0 Å². The van der Waals surface area contributed by atoms with Gasteiger partial charge >= 0.3 is 0 Å². The van der Waals surface area contributed by atoms with Gasteiger partial charge in [0.25, 0.3) is 0 Å². The summed E-state index contributed by atoms with van der Waals surface area (Å²) in [4.78, 5) is 0. The summed E-state index contributed by atoms with van der Waals surface area (Å²) in [7, 11) is 0. The molecule has 0 amide bonds. The first-order valence-corrected chi connectivity index (χ1v) is 11.7. The molecule has 1 nitrogen and oxygen atoms in total. The zero-order valence-corrected chi connectivity index (χ0v) is 18.9. The smallest absolute Gasteiger partial charge is 0.0719 e. The first kappa shape index (κ1) is 25.4. The lowest BCUT2D eigenvalue weighted by atomic mass is 9.94. The maximum Gasteiger partial charge on any atom is 0.0719 e. The van der Waals surface area contributed by atoms with Crippen LogP contribution < -0.4 is 0 Å². The number of hydrogen-bond acceptors (Lipinski definition) is 1. The van der Waals surface area contributed by atoms with Gasteiger partial charge in [0.2, 0.25) is 0 Å². The highest BCUT2D eigenvalue weighted by Gasteiger charge is 2.18. The average molecular weight is 365 g/mol. The van der Waals surface area contributed by atoms with Crippen LogP contribution in [0.15, 0.2) is 23.3 Å². The minimum Gasteiger partial charge on any atom is -0.374 e. The standard InChI is InChI=1S/C19H32O.C4H10.C2H6/c1-3-4-11-18-12-7-8-13-19(18)15-20-16(2)14-17-9-5-6-10-17;1-3-4-2;1-2/h8,13,16-17H,3-7,9-12,14-15H2,1-2H3;3-4H2,1-2H3;1-2H3. The van der Waals surface area contributed by atoms with E-state index < -0.39 is 0 Å². The largest absolute Gasteiger partial charge is 0.374 e. The fourth-order valence-electron chi connectivity index (χ4n) is 3.60. The van der Waals surface area contributed by atoms with Crippen LogP contribution in [0.25, 0.3) is 0 Å². The quantitative estimate of drug-likeness (QED) is 0.397. The average Bonchev–Trinajstić information content (AvgIpc) is 3.20. The summed E-state index contributed by atoms with van der Waals surface area (Å²) >= 11 is 0. The van der Waals surface area contributed by atoms with Gasteiger partial charge in [0.1, 0.15) is 0 Å². The summed E-state index contributed by atoms with van der Waals surface area (Å²) in [5, 5.41) is 0. The Labute approximate surface area is 165 Å². The molecule has 0 N–H and O–H groups in total. The summed E-state index contributed by atoms with van der Waals surface area (Å²) in [6.45, 7) is 13.7. The van der Waals surface area contributed by atoms with Crippen LogP contribution in [0, 0.1) is 5.92 Å². The number of hydrogen-bond donors (Lipinski definition) is 0. The highest BCUT2D eigenvalue weighted by molar-refractivity contribution is 5.30. The molecular formula is C25H48O. The van der Waals surface area contributed by atoms with E-state index in [1.165, 1.54) is 82.6 Å². The van der Waals surface area contributed by atoms with Crippen molar-refractivity contribution in [2.45, 2.75) is 125 Å². The lowest BCUT2D eigenvalue weighted by Gasteiger charge is -2.20. The molecule has 0 spiro atoms. The fraction of sp³-hybridized carbons (Fsp3) is 0.840. The molecule has 1 unspecified atom stereocenters. The molecule has 2 rings (SSSR count). The van der Waals surface area contributed by atoms with Crippen LogP contribution in [-0.4, -0.2) is 12.7 Å². The first-order chi connectivity index (χ1) is 12.7. The molecule has 2 aliphatic rings. The molecule has 1 fully saturated rings. The summed E-state index contributed by atoms with van der Waals surface area (Å²) < 4.78 is 6.14. The van der Waals surface area contributed by atoms with Crippen molar-refractivity contribution >= 4 is 0 Å². The Bertz CT molecular complexity index is 358. The third kappa shape index (κ3) is 11.9. The van der Waals surface area contributed by atoms with Crippen molar-refractivity contribution in [1.29, 1.82) is 0 Å². The summed E-state index contributed by atoms with van der Waals surface area (Å²) in [6.07, 6.45) is 21.1. The molecule has 0 aliphatic heterocycles. The third-order valence-electron chi connectivity index (χ3n) is 5.38. The molecule has 154 valence electrons. The Morgan fingerprint density at radius 2 is 1.69 bits per heavy atom. The van der Waals surface area contributed by atoms with Crippen LogP contribution in [0.5, 0.6) is 0 Å². The second kappa shape index (κ2) is 17.8. The van der Waals surface area contributed by atoms with E-state index in [4.69, 9.17) is 4.74 Å². The van der Waals surface area contributed by atoms with Crippen molar-refractivity contribution in [3.8, 4) is 0 Å². The Hall–Kier alpha value is -0.560. The van der Waals surface area contributed by atoms with E-state index in [9.17, 15) is 0 Å². The Balaban J connectivity index is 0.000000920. The van der Waals surface area contributed by atoms with Crippen LogP contribution in [-0.2, 0) is 4.74 Å². The molecule has 26 heavy (non-hydrogen) atoms. The Morgan fingerprint density at radius 1 is 1.04 bits per heavy atom. The molecule has 0 aromatic rings. The van der Waals surface area contributed by atoms with Crippen LogP contribution >= 0.6 is 0 Å². The predicted molar refractivity (Wildman–Crippen MR) is 119 cm³/mol. The highest BCUT2D eigenvalue weighted by Crippen LogP contribution is 2.30. The van der Waals surface area contributed by atoms with E-state index in [2.05, 4.69) is 39.8 Å². The van der Waals surface area contributed by atoms with Gasteiger partial charge in [-0.2, -0.15) is 0 Å². The zero-order valence-electron chi connectivity index (χ0n) is 18.9. The molecule has 1 atom stereocenters. The van der Waals surface area contributed by atoms with Crippen LogP contribution in [0.4, 0.5) is 0 Å². The van der Waals surface area contributed by atoms with Crippen molar-refractivity contribution in [1.82, 2.24) is 0 Å². The van der Waals surface area contributed by atoms with E-state index in [0.717, 1.165) is 12.5 Å². The molecular weight excluding hydrogens is 316 g/mol. The van der Waals surface area contributed by atoms with Gasteiger partial charge in [0.15, 0.2) is 0 Å². The van der Waals surface area contributed by atoms with Gasteiger partial charge in [-0.3, -0.25) is 0 Å². The van der Waals surface area contributed by atoms with Gasteiger partial charge in [-0.05, 0) is 50.5 Å².